The number of rotatable bonds is 6. The van der Waals surface area contributed by atoms with Crippen molar-refractivity contribution in [2.24, 2.45) is 5.92 Å². The van der Waals surface area contributed by atoms with Crippen molar-refractivity contribution in [2.75, 3.05) is 6.61 Å². The Hall–Kier alpha value is -2.36. The molecule has 0 N–H and O–H groups in total. The molecule has 2 rings (SSSR count). The third-order valence-corrected chi connectivity index (χ3v) is 4.39. The first kappa shape index (κ1) is 18.0. The van der Waals surface area contributed by atoms with Gasteiger partial charge in [0.25, 0.3) is 0 Å². The van der Waals surface area contributed by atoms with Gasteiger partial charge >= 0.3 is 11.9 Å². The van der Waals surface area contributed by atoms with Gasteiger partial charge in [-0.25, -0.2) is 9.59 Å². The first-order valence-corrected chi connectivity index (χ1v) is 8.26. The quantitative estimate of drug-likeness (QED) is 0.447. The number of benzene rings is 1. The summed E-state index contributed by atoms with van der Waals surface area (Å²) in [5.41, 5.74) is 1.64. The van der Waals surface area contributed by atoms with Crippen molar-refractivity contribution in [2.45, 2.75) is 38.5 Å². The lowest BCUT2D eigenvalue weighted by atomic mass is 9.79. The Morgan fingerprint density at radius 3 is 2.33 bits per heavy atom. The van der Waals surface area contributed by atoms with E-state index in [4.69, 9.17) is 9.47 Å². The van der Waals surface area contributed by atoms with Crippen LogP contribution >= 0.6 is 0 Å². The molecule has 0 aromatic heterocycles. The summed E-state index contributed by atoms with van der Waals surface area (Å²) in [6.45, 7) is 9.08. The summed E-state index contributed by atoms with van der Waals surface area (Å²) >= 11 is 0. The molecular weight excluding hydrogens is 304 g/mol. The van der Waals surface area contributed by atoms with Crippen LogP contribution in [0.4, 0.5) is 0 Å². The van der Waals surface area contributed by atoms with Crippen LogP contribution in [0.3, 0.4) is 0 Å². The van der Waals surface area contributed by atoms with Crippen LogP contribution in [0.1, 0.15) is 44.1 Å². The van der Waals surface area contributed by atoms with E-state index in [1.165, 1.54) is 11.6 Å². The van der Waals surface area contributed by atoms with E-state index in [0.717, 1.165) is 25.7 Å². The number of hydrogen-bond donors (Lipinski definition) is 0. The van der Waals surface area contributed by atoms with E-state index in [0.29, 0.717) is 29.8 Å². The number of ether oxygens (including phenoxy) is 2. The second-order valence-corrected chi connectivity index (χ2v) is 6.29. The van der Waals surface area contributed by atoms with Crippen LogP contribution in [0.15, 0.2) is 49.1 Å². The number of esters is 2. The van der Waals surface area contributed by atoms with Crippen LogP contribution in [0.2, 0.25) is 0 Å². The lowest BCUT2D eigenvalue weighted by Gasteiger charge is -2.28. The Morgan fingerprint density at radius 1 is 1.17 bits per heavy atom. The number of carbonyl (C=O) groups excluding carboxylic acids is 2. The lowest BCUT2D eigenvalue weighted by molar-refractivity contribution is -0.139. The Labute approximate surface area is 143 Å². The summed E-state index contributed by atoms with van der Waals surface area (Å²) in [5.74, 6) is 0.717. The predicted molar refractivity (Wildman–Crippen MR) is 92.7 cm³/mol. The van der Waals surface area contributed by atoms with E-state index >= 15 is 0 Å². The molecule has 1 aromatic rings. The highest BCUT2D eigenvalue weighted by Gasteiger charge is 2.23. The van der Waals surface area contributed by atoms with Crippen molar-refractivity contribution >= 4 is 11.9 Å². The van der Waals surface area contributed by atoms with Gasteiger partial charge in [0.05, 0.1) is 6.61 Å². The Balaban J connectivity index is 1.83. The molecule has 1 fully saturated rings. The van der Waals surface area contributed by atoms with Gasteiger partial charge in [-0.15, -0.1) is 0 Å². The molecule has 0 spiro atoms. The first-order valence-electron chi connectivity index (χ1n) is 8.26. The van der Waals surface area contributed by atoms with E-state index in [-0.39, 0.29) is 5.97 Å². The van der Waals surface area contributed by atoms with Crippen molar-refractivity contribution in [1.29, 1.82) is 0 Å². The lowest BCUT2D eigenvalue weighted by Crippen LogP contribution is -2.19. The van der Waals surface area contributed by atoms with Gasteiger partial charge in [0.15, 0.2) is 0 Å². The molecule has 1 saturated carbocycles. The molecule has 4 heteroatoms. The fraction of sp³-hybridized carbons (Fsp3) is 0.400. The standard InChI is InChI=1S/C20H24O4/c1-4-19(21)23-13-15-5-7-16(8-6-15)17-9-11-18(12-10-17)24-20(22)14(2)3/h4,9-12,15-16H,1-2,5-8,13H2,3H3. The van der Waals surface area contributed by atoms with E-state index in [9.17, 15) is 9.59 Å². The average Bonchev–Trinajstić information content (AvgIpc) is 2.60. The molecule has 0 saturated heterocycles. The third-order valence-electron chi connectivity index (χ3n) is 4.39. The molecule has 0 bridgehead atoms. The van der Waals surface area contributed by atoms with Crippen molar-refractivity contribution in [3.8, 4) is 5.75 Å². The SMILES string of the molecule is C=CC(=O)OCC1CCC(c2ccc(OC(=O)C(=C)C)cc2)CC1. The van der Waals surface area contributed by atoms with E-state index in [1.54, 1.807) is 6.92 Å². The molecule has 1 aliphatic rings. The normalized spacial score (nSPS) is 20.0. The van der Waals surface area contributed by atoms with Crippen molar-refractivity contribution < 1.29 is 19.1 Å². The maximum Gasteiger partial charge on any atom is 0.338 e. The molecule has 0 radical (unpaired) electrons. The van der Waals surface area contributed by atoms with Crippen LogP contribution in [0, 0.1) is 5.92 Å². The average molecular weight is 328 g/mol. The fourth-order valence-electron chi connectivity index (χ4n) is 2.92. The van der Waals surface area contributed by atoms with Crippen LogP contribution in [-0.2, 0) is 14.3 Å². The molecule has 1 aliphatic carbocycles. The highest BCUT2D eigenvalue weighted by molar-refractivity contribution is 5.88. The summed E-state index contributed by atoms with van der Waals surface area (Å²) < 4.78 is 10.3. The number of hydrogen-bond acceptors (Lipinski definition) is 4. The molecule has 0 unspecified atom stereocenters. The minimum absolute atomic E-state index is 0.350. The van der Waals surface area contributed by atoms with Gasteiger partial charge in [-0.3, -0.25) is 0 Å². The maximum absolute atomic E-state index is 11.5. The van der Waals surface area contributed by atoms with E-state index in [2.05, 4.69) is 13.2 Å². The topological polar surface area (TPSA) is 52.6 Å². The Morgan fingerprint density at radius 2 is 1.79 bits per heavy atom. The van der Waals surface area contributed by atoms with Gasteiger partial charge in [-0.2, -0.15) is 0 Å². The highest BCUT2D eigenvalue weighted by Crippen LogP contribution is 2.36. The predicted octanol–water partition coefficient (Wildman–Crippen LogP) is 4.17. The van der Waals surface area contributed by atoms with E-state index in [1.807, 2.05) is 24.3 Å². The van der Waals surface area contributed by atoms with Gasteiger partial charge in [-0.05, 0) is 62.1 Å². The van der Waals surface area contributed by atoms with Gasteiger partial charge in [0, 0.05) is 11.6 Å². The van der Waals surface area contributed by atoms with Crippen LogP contribution in [0.5, 0.6) is 5.75 Å². The van der Waals surface area contributed by atoms with Crippen LogP contribution < -0.4 is 4.74 Å². The first-order chi connectivity index (χ1) is 11.5. The third kappa shape index (κ3) is 5.08. The summed E-state index contributed by atoms with van der Waals surface area (Å²) in [5, 5.41) is 0. The van der Waals surface area contributed by atoms with Crippen LogP contribution in [-0.4, -0.2) is 18.5 Å². The Bertz CT molecular complexity index is 607. The molecule has 0 amide bonds. The zero-order valence-corrected chi connectivity index (χ0v) is 14.1. The molecule has 128 valence electrons. The largest absolute Gasteiger partial charge is 0.462 e. The highest BCUT2D eigenvalue weighted by atomic mass is 16.5. The summed E-state index contributed by atoms with van der Waals surface area (Å²) in [4.78, 5) is 22.6. The smallest absolute Gasteiger partial charge is 0.338 e. The Kier molecular flexibility index (Phi) is 6.36. The maximum atomic E-state index is 11.5. The monoisotopic (exact) mass is 328 g/mol. The van der Waals surface area contributed by atoms with Gasteiger partial charge in [0.2, 0.25) is 0 Å². The molecule has 24 heavy (non-hydrogen) atoms. The minimum Gasteiger partial charge on any atom is -0.462 e. The van der Waals surface area contributed by atoms with Gasteiger partial charge < -0.3 is 9.47 Å². The number of carbonyl (C=O) groups is 2. The molecule has 0 aliphatic heterocycles. The second kappa shape index (κ2) is 8.48. The fourth-order valence-corrected chi connectivity index (χ4v) is 2.92. The minimum atomic E-state index is -0.405. The zero-order chi connectivity index (χ0) is 17.5. The van der Waals surface area contributed by atoms with Gasteiger partial charge in [-0.1, -0.05) is 25.3 Å². The van der Waals surface area contributed by atoms with E-state index < -0.39 is 5.97 Å². The molecule has 0 heterocycles. The summed E-state index contributed by atoms with van der Waals surface area (Å²) in [7, 11) is 0. The van der Waals surface area contributed by atoms with Crippen LogP contribution in [0.25, 0.3) is 0 Å². The summed E-state index contributed by atoms with van der Waals surface area (Å²) in [6.07, 6.45) is 5.43. The van der Waals surface area contributed by atoms with Crippen molar-refractivity contribution in [3.05, 3.63) is 54.6 Å². The zero-order valence-electron chi connectivity index (χ0n) is 14.1. The molecule has 0 atom stereocenters. The molecule has 1 aromatic carbocycles. The molecular formula is C20H24O4. The summed E-state index contributed by atoms with van der Waals surface area (Å²) in [6, 6.07) is 7.69. The van der Waals surface area contributed by atoms with Crippen molar-refractivity contribution in [3.63, 3.8) is 0 Å². The second-order valence-electron chi connectivity index (χ2n) is 6.29. The molecule has 4 nitrogen and oxygen atoms in total. The van der Waals surface area contributed by atoms with Crippen molar-refractivity contribution in [1.82, 2.24) is 0 Å². The van der Waals surface area contributed by atoms with Gasteiger partial charge in [0.1, 0.15) is 5.75 Å².